The van der Waals surface area contributed by atoms with Crippen molar-refractivity contribution in [3.63, 3.8) is 0 Å². The summed E-state index contributed by atoms with van der Waals surface area (Å²) in [6.07, 6.45) is -0.611. The van der Waals surface area contributed by atoms with Gasteiger partial charge >= 0.3 is 6.03 Å². The van der Waals surface area contributed by atoms with Gasteiger partial charge in [0.05, 0.1) is 13.7 Å². The number of imide groups is 1. The monoisotopic (exact) mass is 423 g/mol. The summed E-state index contributed by atoms with van der Waals surface area (Å²) in [4.78, 5) is 37.6. The Morgan fingerprint density at radius 1 is 1.13 bits per heavy atom. The van der Waals surface area contributed by atoms with Crippen LogP contribution in [0.1, 0.15) is 5.56 Å². The van der Waals surface area contributed by atoms with E-state index in [0.29, 0.717) is 24.6 Å². The van der Waals surface area contributed by atoms with Crippen molar-refractivity contribution in [1.29, 1.82) is 0 Å². The average molecular weight is 423 g/mol. The highest BCUT2D eigenvalue weighted by molar-refractivity contribution is 6.08. The fourth-order valence-electron chi connectivity index (χ4n) is 4.40. The largest absolute Gasteiger partial charge is 0.497 e. The van der Waals surface area contributed by atoms with Gasteiger partial charge in [-0.1, -0.05) is 24.3 Å². The summed E-state index contributed by atoms with van der Waals surface area (Å²) in [6, 6.07) is 12.7. The SMILES string of the molecule is COc1cccc(N2CCN3C2=NC2C3C(=O)N(Cc3ccccc3F)C(=O)N2C)c1. The van der Waals surface area contributed by atoms with Crippen molar-refractivity contribution in [2.45, 2.75) is 18.8 Å². The van der Waals surface area contributed by atoms with Gasteiger partial charge in [-0.05, 0) is 18.2 Å². The molecule has 2 unspecified atom stereocenters. The predicted octanol–water partition coefficient (Wildman–Crippen LogP) is 2.11. The number of halogens is 1. The number of likely N-dealkylation sites (N-methyl/N-ethyl adjacent to an activating group) is 1. The molecule has 5 rings (SSSR count). The molecule has 0 radical (unpaired) electrons. The minimum Gasteiger partial charge on any atom is -0.497 e. The Balaban J connectivity index is 1.44. The molecule has 0 bridgehead atoms. The number of amides is 3. The Kier molecular flexibility index (Phi) is 4.53. The van der Waals surface area contributed by atoms with E-state index in [2.05, 4.69) is 0 Å². The summed E-state index contributed by atoms with van der Waals surface area (Å²) in [5, 5.41) is 0. The number of carbonyl (C=O) groups is 2. The number of hydrogen-bond donors (Lipinski definition) is 0. The maximum absolute atomic E-state index is 14.2. The van der Waals surface area contributed by atoms with Crippen LogP contribution in [0.2, 0.25) is 0 Å². The molecule has 2 aromatic rings. The first-order valence-corrected chi connectivity index (χ1v) is 10.1. The second kappa shape index (κ2) is 7.26. The van der Waals surface area contributed by atoms with Gasteiger partial charge in [0.15, 0.2) is 12.2 Å². The lowest BCUT2D eigenvalue weighted by Gasteiger charge is -2.40. The number of rotatable bonds is 4. The van der Waals surface area contributed by atoms with E-state index in [4.69, 9.17) is 9.73 Å². The molecule has 2 saturated heterocycles. The fourth-order valence-corrected chi connectivity index (χ4v) is 4.40. The van der Waals surface area contributed by atoms with E-state index >= 15 is 0 Å². The van der Waals surface area contributed by atoms with E-state index in [0.717, 1.165) is 16.3 Å². The van der Waals surface area contributed by atoms with Crippen LogP contribution in [0.25, 0.3) is 0 Å². The summed E-state index contributed by atoms with van der Waals surface area (Å²) in [7, 11) is 3.24. The molecule has 2 aromatic carbocycles. The lowest BCUT2D eigenvalue weighted by molar-refractivity contribution is -0.137. The van der Waals surface area contributed by atoms with Crippen LogP contribution in [-0.4, -0.2) is 72.1 Å². The van der Waals surface area contributed by atoms with Crippen molar-refractivity contribution < 1.29 is 18.7 Å². The van der Waals surface area contributed by atoms with E-state index < -0.39 is 24.1 Å². The van der Waals surface area contributed by atoms with E-state index in [1.54, 1.807) is 32.4 Å². The summed E-state index contributed by atoms with van der Waals surface area (Å²) in [6.45, 7) is 1.15. The second-order valence-corrected chi connectivity index (χ2v) is 7.74. The highest BCUT2D eigenvalue weighted by Gasteiger charge is 2.54. The number of methoxy groups -OCH3 is 1. The summed E-state index contributed by atoms with van der Waals surface area (Å²) in [5.74, 6) is 0.583. The van der Waals surface area contributed by atoms with Crippen LogP contribution >= 0.6 is 0 Å². The Hall–Kier alpha value is -3.62. The minimum absolute atomic E-state index is 0.110. The maximum Gasteiger partial charge on any atom is 0.328 e. The molecule has 3 aliphatic heterocycles. The van der Waals surface area contributed by atoms with Crippen LogP contribution in [0.3, 0.4) is 0 Å². The average Bonchev–Trinajstić information content (AvgIpc) is 3.36. The van der Waals surface area contributed by atoms with Crippen LogP contribution in [0.5, 0.6) is 5.75 Å². The normalized spacial score (nSPS) is 22.6. The fraction of sp³-hybridized carbons (Fsp3) is 0.318. The van der Waals surface area contributed by atoms with E-state index in [-0.39, 0.29) is 12.5 Å². The molecule has 0 N–H and O–H groups in total. The van der Waals surface area contributed by atoms with E-state index in [1.807, 2.05) is 34.1 Å². The standard InChI is InChI=1S/C22H22FN5O3/c1-25-19-18(20(29)28(22(25)30)13-14-6-3-4-9-17(14)23)27-11-10-26(21(27)24-19)15-7-5-8-16(12-15)31-2/h3-9,12,18-19H,10-11,13H2,1-2H3. The molecule has 160 valence electrons. The predicted molar refractivity (Wildman–Crippen MR) is 112 cm³/mol. The Morgan fingerprint density at radius 3 is 2.71 bits per heavy atom. The quantitative estimate of drug-likeness (QED) is 0.754. The van der Waals surface area contributed by atoms with Crippen molar-refractivity contribution in [2.24, 2.45) is 4.99 Å². The third kappa shape index (κ3) is 2.99. The molecule has 0 saturated carbocycles. The van der Waals surface area contributed by atoms with Crippen LogP contribution in [-0.2, 0) is 11.3 Å². The number of aliphatic imine (C=N–C) groups is 1. The summed E-state index contributed by atoms with van der Waals surface area (Å²) in [5.41, 5.74) is 1.21. The molecule has 0 aliphatic carbocycles. The molecule has 8 nitrogen and oxygen atoms in total. The third-order valence-electron chi connectivity index (χ3n) is 6.03. The van der Waals surface area contributed by atoms with Crippen LogP contribution in [0.15, 0.2) is 53.5 Å². The van der Waals surface area contributed by atoms with Gasteiger partial charge in [-0.2, -0.15) is 0 Å². The zero-order chi connectivity index (χ0) is 21.7. The first-order chi connectivity index (χ1) is 15.0. The molecule has 2 atom stereocenters. The first-order valence-electron chi connectivity index (χ1n) is 10.1. The first kappa shape index (κ1) is 19.3. The minimum atomic E-state index is -0.625. The summed E-state index contributed by atoms with van der Waals surface area (Å²) >= 11 is 0. The molecular formula is C22H22FN5O3. The number of benzene rings is 2. The van der Waals surface area contributed by atoms with Gasteiger partial charge in [0.2, 0.25) is 5.96 Å². The van der Waals surface area contributed by atoms with Gasteiger partial charge in [-0.15, -0.1) is 0 Å². The van der Waals surface area contributed by atoms with Gasteiger partial charge in [0.1, 0.15) is 11.6 Å². The number of hydrogen-bond acceptors (Lipinski definition) is 6. The number of guanidine groups is 1. The zero-order valence-corrected chi connectivity index (χ0v) is 17.2. The van der Waals surface area contributed by atoms with Crippen molar-refractivity contribution in [3.05, 3.63) is 59.9 Å². The third-order valence-corrected chi connectivity index (χ3v) is 6.03. The number of ether oxygens (including phenoxy) is 1. The maximum atomic E-state index is 14.2. The van der Waals surface area contributed by atoms with Crippen molar-refractivity contribution in [3.8, 4) is 5.75 Å². The van der Waals surface area contributed by atoms with E-state index in [1.165, 1.54) is 11.0 Å². The van der Waals surface area contributed by atoms with Gasteiger partial charge in [-0.25, -0.2) is 14.2 Å². The molecule has 0 spiro atoms. The van der Waals surface area contributed by atoms with Gasteiger partial charge < -0.3 is 19.4 Å². The number of anilines is 1. The van der Waals surface area contributed by atoms with Crippen LogP contribution < -0.4 is 9.64 Å². The number of fused-ring (bicyclic) bond motifs is 3. The lowest BCUT2D eigenvalue weighted by atomic mass is 10.1. The molecule has 2 fully saturated rings. The van der Waals surface area contributed by atoms with Crippen molar-refractivity contribution in [2.75, 3.05) is 32.1 Å². The number of carbonyl (C=O) groups excluding carboxylic acids is 2. The smallest absolute Gasteiger partial charge is 0.328 e. The van der Waals surface area contributed by atoms with Crippen LogP contribution in [0, 0.1) is 5.82 Å². The van der Waals surface area contributed by atoms with Crippen molar-refractivity contribution >= 4 is 23.6 Å². The molecule has 31 heavy (non-hydrogen) atoms. The zero-order valence-electron chi connectivity index (χ0n) is 17.2. The highest BCUT2D eigenvalue weighted by Crippen LogP contribution is 2.34. The Morgan fingerprint density at radius 2 is 1.94 bits per heavy atom. The van der Waals surface area contributed by atoms with Gasteiger partial charge in [-0.3, -0.25) is 9.69 Å². The molecule has 3 amide bonds. The molecular weight excluding hydrogens is 401 g/mol. The number of urea groups is 1. The molecule has 9 heteroatoms. The Labute approximate surface area is 179 Å². The molecule has 0 aromatic heterocycles. The molecule has 3 aliphatic rings. The van der Waals surface area contributed by atoms with Gasteiger partial charge in [0.25, 0.3) is 5.91 Å². The Bertz CT molecular complexity index is 1090. The second-order valence-electron chi connectivity index (χ2n) is 7.74. The van der Waals surface area contributed by atoms with Crippen LogP contribution in [0.4, 0.5) is 14.9 Å². The van der Waals surface area contributed by atoms with Gasteiger partial charge in [0, 0.05) is 37.5 Å². The van der Waals surface area contributed by atoms with E-state index in [9.17, 15) is 14.0 Å². The highest BCUT2D eigenvalue weighted by atomic mass is 19.1. The van der Waals surface area contributed by atoms with Crippen molar-refractivity contribution in [1.82, 2.24) is 14.7 Å². The summed E-state index contributed by atoms with van der Waals surface area (Å²) < 4.78 is 19.5. The number of nitrogens with zero attached hydrogens (tertiary/aromatic N) is 5. The topological polar surface area (TPSA) is 68.7 Å². The molecule has 3 heterocycles. The lowest BCUT2D eigenvalue weighted by Crippen LogP contribution is -2.64.